The molecule has 0 aliphatic carbocycles. The molecule has 1 saturated heterocycles. The molecule has 27 heavy (non-hydrogen) atoms. The summed E-state index contributed by atoms with van der Waals surface area (Å²) in [6.45, 7) is 8.36. The van der Waals surface area contributed by atoms with Gasteiger partial charge in [0.2, 0.25) is 0 Å². The van der Waals surface area contributed by atoms with E-state index in [9.17, 15) is 8.42 Å². The summed E-state index contributed by atoms with van der Waals surface area (Å²) in [6.07, 6.45) is 2.60. The van der Waals surface area contributed by atoms with E-state index < -0.39 is 10.0 Å². The Morgan fingerprint density at radius 3 is 2.33 bits per heavy atom. The standard InChI is InChI=1S/C22H25NO3S/c1-16(2)19-14-20(13-18-7-9-21(26-4)10-8-18)23(15-19)27(24,25)22-11-5-17(3)6-12-22/h5-13,19H,1,14-15H2,2-4H3/b20-13+. The van der Waals surface area contributed by atoms with Crippen LogP contribution >= 0.6 is 0 Å². The first-order chi connectivity index (χ1) is 12.8. The zero-order valence-corrected chi connectivity index (χ0v) is 16.8. The molecule has 0 aromatic heterocycles. The number of rotatable bonds is 5. The zero-order chi connectivity index (χ0) is 19.6. The molecule has 2 aromatic carbocycles. The van der Waals surface area contributed by atoms with Gasteiger partial charge in [-0.1, -0.05) is 42.0 Å². The van der Waals surface area contributed by atoms with Crippen LogP contribution in [-0.2, 0) is 10.0 Å². The molecule has 1 heterocycles. The Hall–Kier alpha value is -2.53. The Labute approximate surface area is 161 Å². The lowest BCUT2D eigenvalue weighted by Crippen LogP contribution is -2.28. The van der Waals surface area contributed by atoms with Crippen LogP contribution in [0.25, 0.3) is 6.08 Å². The van der Waals surface area contributed by atoms with Crippen LogP contribution in [-0.4, -0.2) is 26.4 Å². The summed E-state index contributed by atoms with van der Waals surface area (Å²) in [5.41, 5.74) is 3.76. The van der Waals surface area contributed by atoms with Gasteiger partial charge in [-0.2, -0.15) is 0 Å². The van der Waals surface area contributed by atoms with Crippen LogP contribution in [0.5, 0.6) is 5.75 Å². The number of hydrogen-bond donors (Lipinski definition) is 0. The predicted molar refractivity (Wildman–Crippen MR) is 109 cm³/mol. The van der Waals surface area contributed by atoms with E-state index in [0.717, 1.165) is 28.1 Å². The average Bonchev–Trinajstić information content (AvgIpc) is 3.08. The zero-order valence-electron chi connectivity index (χ0n) is 16.0. The van der Waals surface area contributed by atoms with Crippen molar-refractivity contribution in [2.75, 3.05) is 13.7 Å². The van der Waals surface area contributed by atoms with Gasteiger partial charge in [0, 0.05) is 18.2 Å². The Morgan fingerprint density at radius 2 is 1.78 bits per heavy atom. The summed E-state index contributed by atoms with van der Waals surface area (Å²) in [6, 6.07) is 14.6. The Morgan fingerprint density at radius 1 is 1.15 bits per heavy atom. The highest BCUT2D eigenvalue weighted by Crippen LogP contribution is 2.36. The fourth-order valence-corrected chi connectivity index (χ4v) is 4.73. The maximum atomic E-state index is 13.3. The minimum absolute atomic E-state index is 0.120. The molecule has 3 rings (SSSR count). The summed E-state index contributed by atoms with van der Waals surface area (Å²) in [5.74, 6) is 0.891. The molecule has 4 nitrogen and oxygen atoms in total. The molecule has 0 spiro atoms. The smallest absolute Gasteiger partial charge is 0.264 e. The fourth-order valence-electron chi connectivity index (χ4n) is 3.18. The van der Waals surface area contributed by atoms with Gasteiger partial charge in [0.05, 0.1) is 12.0 Å². The van der Waals surface area contributed by atoms with E-state index in [1.165, 1.54) is 4.31 Å². The molecule has 1 fully saturated rings. The minimum atomic E-state index is -3.60. The molecule has 1 aliphatic heterocycles. The van der Waals surface area contributed by atoms with E-state index >= 15 is 0 Å². The van der Waals surface area contributed by atoms with Crippen LogP contribution in [0.15, 0.2) is 71.3 Å². The largest absolute Gasteiger partial charge is 0.497 e. The monoisotopic (exact) mass is 383 g/mol. The van der Waals surface area contributed by atoms with Crippen molar-refractivity contribution in [1.82, 2.24) is 4.31 Å². The molecule has 142 valence electrons. The quantitative estimate of drug-likeness (QED) is 0.707. The molecular weight excluding hydrogens is 358 g/mol. The van der Waals surface area contributed by atoms with Crippen molar-refractivity contribution in [1.29, 1.82) is 0 Å². The number of sulfonamides is 1. The first-order valence-corrected chi connectivity index (χ1v) is 10.3. The third-order valence-corrected chi connectivity index (χ3v) is 6.75. The van der Waals surface area contributed by atoms with E-state index in [4.69, 9.17) is 4.74 Å². The first kappa shape index (κ1) is 19.2. The van der Waals surface area contributed by atoms with Gasteiger partial charge in [0.1, 0.15) is 5.75 Å². The molecule has 1 unspecified atom stereocenters. The molecule has 2 aromatic rings. The third-order valence-electron chi connectivity index (χ3n) is 4.92. The van der Waals surface area contributed by atoms with E-state index in [0.29, 0.717) is 17.9 Å². The highest BCUT2D eigenvalue weighted by molar-refractivity contribution is 7.89. The maximum Gasteiger partial charge on any atom is 0.264 e. The van der Waals surface area contributed by atoms with Crippen molar-refractivity contribution in [3.8, 4) is 5.75 Å². The van der Waals surface area contributed by atoms with E-state index in [-0.39, 0.29) is 5.92 Å². The number of hydrogen-bond acceptors (Lipinski definition) is 3. The topological polar surface area (TPSA) is 46.6 Å². The van der Waals surface area contributed by atoms with Crippen LogP contribution in [0.2, 0.25) is 0 Å². The number of benzene rings is 2. The van der Waals surface area contributed by atoms with Crippen molar-refractivity contribution < 1.29 is 13.2 Å². The first-order valence-electron chi connectivity index (χ1n) is 8.90. The highest BCUT2D eigenvalue weighted by Gasteiger charge is 2.35. The fraction of sp³-hybridized carbons (Fsp3) is 0.273. The molecular formula is C22H25NO3S. The maximum absolute atomic E-state index is 13.3. The van der Waals surface area contributed by atoms with E-state index in [2.05, 4.69) is 6.58 Å². The van der Waals surface area contributed by atoms with Gasteiger partial charge >= 0.3 is 0 Å². The van der Waals surface area contributed by atoms with Crippen molar-refractivity contribution in [2.24, 2.45) is 5.92 Å². The Kier molecular flexibility index (Phi) is 5.42. The van der Waals surface area contributed by atoms with Gasteiger partial charge in [-0.25, -0.2) is 8.42 Å². The lowest BCUT2D eigenvalue weighted by molar-refractivity contribution is 0.415. The van der Waals surface area contributed by atoms with E-state index in [1.54, 1.807) is 19.2 Å². The highest BCUT2D eigenvalue weighted by atomic mass is 32.2. The number of aryl methyl sites for hydroxylation is 1. The van der Waals surface area contributed by atoms with Gasteiger partial charge in [0.25, 0.3) is 10.0 Å². The molecule has 0 amide bonds. The van der Waals surface area contributed by atoms with Crippen molar-refractivity contribution in [2.45, 2.75) is 25.2 Å². The van der Waals surface area contributed by atoms with Gasteiger partial charge in [-0.3, -0.25) is 4.31 Å². The summed E-state index contributed by atoms with van der Waals surface area (Å²) in [5, 5.41) is 0. The molecule has 5 heteroatoms. The van der Waals surface area contributed by atoms with Crippen molar-refractivity contribution >= 4 is 16.1 Å². The molecule has 0 N–H and O–H groups in total. The third kappa shape index (κ3) is 4.08. The summed E-state index contributed by atoms with van der Waals surface area (Å²) in [7, 11) is -1.98. The number of ether oxygens (including phenoxy) is 1. The van der Waals surface area contributed by atoms with Crippen molar-refractivity contribution in [3.63, 3.8) is 0 Å². The van der Waals surface area contributed by atoms with E-state index in [1.807, 2.05) is 56.3 Å². The second-order valence-corrected chi connectivity index (χ2v) is 8.87. The summed E-state index contributed by atoms with van der Waals surface area (Å²) in [4.78, 5) is 0.316. The van der Waals surface area contributed by atoms with Gasteiger partial charge in [-0.15, -0.1) is 0 Å². The number of allylic oxidation sites excluding steroid dienone is 1. The number of methoxy groups -OCH3 is 1. The predicted octanol–water partition coefficient (Wildman–Crippen LogP) is 4.63. The summed E-state index contributed by atoms with van der Waals surface area (Å²) < 4.78 is 33.2. The molecule has 0 bridgehead atoms. The van der Waals surface area contributed by atoms with Gasteiger partial charge < -0.3 is 4.74 Å². The lowest BCUT2D eigenvalue weighted by atomic mass is 10.00. The SMILES string of the molecule is C=C(C)C1C/C(=C\c2ccc(OC)cc2)N(S(=O)(=O)c2ccc(C)cc2)C1. The van der Waals surface area contributed by atoms with Crippen LogP contribution in [0, 0.1) is 12.8 Å². The van der Waals surface area contributed by atoms with Crippen LogP contribution in [0.1, 0.15) is 24.5 Å². The van der Waals surface area contributed by atoms with Gasteiger partial charge in [-0.05, 0) is 56.2 Å². The van der Waals surface area contributed by atoms with Gasteiger partial charge in [0.15, 0.2) is 0 Å². The molecule has 0 saturated carbocycles. The second-order valence-electron chi connectivity index (χ2n) is 7.01. The average molecular weight is 384 g/mol. The Balaban J connectivity index is 2.00. The molecule has 1 aliphatic rings. The van der Waals surface area contributed by atoms with Crippen molar-refractivity contribution in [3.05, 3.63) is 77.5 Å². The summed E-state index contributed by atoms with van der Waals surface area (Å²) >= 11 is 0. The van der Waals surface area contributed by atoms with Crippen LogP contribution in [0.3, 0.4) is 0 Å². The minimum Gasteiger partial charge on any atom is -0.497 e. The Bertz CT molecular complexity index is 958. The second kappa shape index (κ2) is 7.61. The molecule has 0 radical (unpaired) electrons. The normalized spacial score (nSPS) is 18.7. The number of nitrogens with zero attached hydrogens (tertiary/aromatic N) is 1. The van der Waals surface area contributed by atoms with Crippen LogP contribution in [0.4, 0.5) is 0 Å². The molecule has 1 atom stereocenters. The van der Waals surface area contributed by atoms with Crippen LogP contribution < -0.4 is 4.74 Å². The lowest BCUT2D eigenvalue weighted by Gasteiger charge is -2.21.